The Bertz CT molecular complexity index is 1610. The molecule has 0 unspecified atom stereocenters. The van der Waals surface area contributed by atoms with E-state index in [4.69, 9.17) is 4.98 Å². The highest BCUT2D eigenvalue weighted by Crippen LogP contribution is 2.37. The summed E-state index contributed by atoms with van der Waals surface area (Å²) in [7, 11) is 0. The molecule has 0 amide bonds. The molecule has 2 nitrogen and oxygen atoms in total. The Morgan fingerprint density at radius 2 is 1.21 bits per heavy atom. The highest BCUT2D eigenvalue weighted by molar-refractivity contribution is 9.10. The molecule has 0 aliphatic heterocycles. The SMILES string of the molecule is Brc1ccc(-c2cc(-c3cc4ccccc4c4ccccc34)cc(-c3ccccn3)n2)cc1. The van der Waals surface area contributed by atoms with E-state index in [-0.39, 0.29) is 0 Å². The van der Waals surface area contributed by atoms with Crippen molar-refractivity contribution in [1.82, 2.24) is 9.97 Å². The third-order valence-electron chi connectivity index (χ3n) is 5.97. The van der Waals surface area contributed by atoms with Crippen LogP contribution in [0.2, 0.25) is 0 Å². The van der Waals surface area contributed by atoms with Gasteiger partial charge in [-0.15, -0.1) is 0 Å². The van der Waals surface area contributed by atoms with Crippen LogP contribution < -0.4 is 0 Å². The largest absolute Gasteiger partial charge is 0.255 e. The first-order chi connectivity index (χ1) is 16.3. The van der Waals surface area contributed by atoms with Gasteiger partial charge in [0, 0.05) is 16.2 Å². The molecule has 6 rings (SSSR count). The molecule has 0 aliphatic carbocycles. The molecule has 0 aliphatic rings. The first kappa shape index (κ1) is 19.8. The van der Waals surface area contributed by atoms with Gasteiger partial charge in [-0.3, -0.25) is 4.98 Å². The van der Waals surface area contributed by atoms with Crippen LogP contribution in [0.25, 0.3) is 55.3 Å². The van der Waals surface area contributed by atoms with E-state index in [9.17, 15) is 0 Å². The number of nitrogens with zero attached hydrogens (tertiary/aromatic N) is 2. The van der Waals surface area contributed by atoms with Gasteiger partial charge in [-0.05, 0) is 75.1 Å². The number of benzene rings is 4. The minimum atomic E-state index is 0.864. The number of hydrogen-bond acceptors (Lipinski definition) is 2. The minimum Gasteiger partial charge on any atom is -0.255 e. The summed E-state index contributed by atoms with van der Waals surface area (Å²) in [6, 6.07) is 38.1. The molecule has 6 aromatic rings. The number of hydrogen-bond donors (Lipinski definition) is 0. The van der Waals surface area contributed by atoms with E-state index in [0.29, 0.717) is 0 Å². The van der Waals surface area contributed by atoms with Crippen molar-refractivity contribution in [3.8, 4) is 33.8 Å². The molecule has 0 N–H and O–H groups in total. The third-order valence-corrected chi connectivity index (χ3v) is 6.50. The Morgan fingerprint density at radius 3 is 2.00 bits per heavy atom. The number of aromatic nitrogens is 2. The van der Waals surface area contributed by atoms with Gasteiger partial charge in [0.2, 0.25) is 0 Å². The second-order valence-electron chi connectivity index (χ2n) is 8.04. The highest BCUT2D eigenvalue weighted by Gasteiger charge is 2.13. The van der Waals surface area contributed by atoms with E-state index in [0.717, 1.165) is 32.7 Å². The summed E-state index contributed by atoms with van der Waals surface area (Å²) in [4.78, 5) is 9.57. The summed E-state index contributed by atoms with van der Waals surface area (Å²) in [6.07, 6.45) is 1.81. The number of rotatable bonds is 3. The molecule has 0 saturated heterocycles. The van der Waals surface area contributed by atoms with Crippen LogP contribution in [0.15, 0.2) is 120 Å². The first-order valence-corrected chi connectivity index (χ1v) is 11.7. The van der Waals surface area contributed by atoms with E-state index < -0.39 is 0 Å². The molecule has 0 fully saturated rings. The quantitative estimate of drug-likeness (QED) is 0.234. The molecule has 3 heteroatoms. The fourth-order valence-electron chi connectivity index (χ4n) is 4.39. The second-order valence-corrected chi connectivity index (χ2v) is 8.95. The Morgan fingerprint density at radius 1 is 0.515 bits per heavy atom. The molecule has 0 radical (unpaired) electrons. The summed E-state index contributed by atoms with van der Waals surface area (Å²) in [5.41, 5.74) is 6.05. The van der Waals surface area contributed by atoms with Gasteiger partial charge in [-0.1, -0.05) is 82.7 Å². The normalized spacial score (nSPS) is 11.2. The Balaban J connectivity index is 1.66. The van der Waals surface area contributed by atoms with Crippen LogP contribution in [0.5, 0.6) is 0 Å². The maximum absolute atomic E-state index is 4.99. The smallest absolute Gasteiger partial charge is 0.0899 e. The monoisotopic (exact) mass is 486 g/mol. The van der Waals surface area contributed by atoms with Crippen LogP contribution >= 0.6 is 15.9 Å². The number of pyridine rings is 2. The summed E-state index contributed by atoms with van der Waals surface area (Å²) >= 11 is 3.54. The van der Waals surface area contributed by atoms with E-state index in [1.165, 1.54) is 27.1 Å². The molecule has 2 aromatic heterocycles. The molecule has 0 atom stereocenters. The van der Waals surface area contributed by atoms with Crippen LogP contribution in [0.3, 0.4) is 0 Å². The first-order valence-electron chi connectivity index (χ1n) is 10.9. The van der Waals surface area contributed by atoms with Crippen LogP contribution in [-0.4, -0.2) is 9.97 Å². The zero-order chi connectivity index (χ0) is 22.2. The molecule has 4 aromatic carbocycles. The van der Waals surface area contributed by atoms with Gasteiger partial charge < -0.3 is 0 Å². The Hall–Kier alpha value is -3.82. The van der Waals surface area contributed by atoms with Crippen molar-refractivity contribution in [1.29, 1.82) is 0 Å². The molecule has 2 heterocycles. The molecule has 0 spiro atoms. The lowest BCUT2D eigenvalue weighted by molar-refractivity contribution is 1.25. The fourth-order valence-corrected chi connectivity index (χ4v) is 4.66. The fraction of sp³-hybridized carbons (Fsp3) is 0. The summed E-state index contributed by atoms with van der Waals surface area (Å²) in [5, 5.41) is 4.99. The van der Waals surface area contributed by atoms with Crippen LogP contribution in [-0.2, 0) is 0 Å². The standard InChI is InChI=1S/C30H19BrN2/c31-23-14-12-20(13-15-23)29-18-22(19-30(33-29)28-11-5-6-16-32-28)27-17-21-7-1-2-8-24(21)25-9-3-4-10-26(25)27/h1-19H. The van der Waals surface area contributed by atoms with Gasteiger partial charge in [0.1, 0.15) is 0 Å². The lowest BCUT2D eigenvalue weighted by Gasteiger charge is -2.14. The van der Waals surface area contributed by atoms with Gasteiger partial charge in [0.05, 0.1) is 17.1 Å². The van der Waals surface area contributed by atoms with Gasteiger partial charge in [0.25, 0.3) is 0 Å². The number of fused-ring (bicyclic) bond motifs is 3. The lowest BCUT2D eigenvalue weighted by Crippen LogP contribution is -1.93. The van der Waals surface area contributed by atoms with Crippen LogP contribution in [0, 0.1) is 0 Å². The van der Waals surface area contributed by atoms with E-state index >= 15 is 0 Å². The van der Waals surface area contributed by atoms with Crippen molar-refractivity contribution >= 4 is 37.5 Å². The zero-order valence-electron chi connectivity index (χ0n) is 17.7. The molecule has 156 valence electrons. The topological polar surface area (TPSA) is 25.8 Å². The molecular weight excluding hydrogens is 468 g/mol. The van der Waals surface area contributed by atoms with Crippen molar-refractivity contribution in [3.05, 3.63) is 120 Å². The van der Waals surface area contributed by atoms with Gasteiger partial charge in [0.15, 0.2) is 0 Å². The summed E-state index contributed by atoms with van der Waals surface area (Å²) in [5.74, 6) is 0. The average Bonchev–Trinajstić information content (AvgIpc) is 2.89. The molecule has 33 heavy (non-hydrogen) atoms. The zero-order valence-corrected chi connectivity index (χ0v) is 19.3. The molecule has 0 bridgehead atoms. The third kappa shape index (κ3) is 3.71. The van der Waals surface area contributed by atoms with E-state index in [2.05, 4.69) is 112 Å². The Labute approximate surface area is 200 Å². The van der Waals surface area contributed by atoms with Gasteiger partial charge in [-0.25, -0.2) is 4.98 Å². The van der Waals surface area contributed by atoms with E-state index in [1.54, 1.807) is 0 Å². The maximum Gasteiger partial charge on any atom is 0.0899 e. The number of halogens is 1. The lowest BCUT2D eigenvalue weighted by atomic mass is 9.92. The predicted molar refractivity (Wildman–Crippen MR) is 141 cm³/mol. The van der Waals surface area contributed by atoms with Gasteiger partial charge in [-0.2, -0.15) is 0 Å². The second kappa shape index (κ2) is 8.27. The van der Waals surface area contributed by atoms with Crippen molar-refractivity contribution in [3.63, 3.8) is 0 Å². The van der Waals surface area contributed by atoms with Crippen molar-refractivity contribution in [2.45, 2.75) is 0 Å². The van der Waals surface area contributed by atoms with Crippen molar-refractivity contribution in [2.75, 3.05) is 0 Å². The summed E-state index contributed by atoms with van der Waals surface area (Å²) in [6.45, 7) is 0. The molecule has 0 saturated carbocycles. The minimum absolute atomic E-state index is 0.864. The van der Waals surface area contributed by atoms with Crippen LogP contribution in [0.4, 0.5) is 0 Å². The maximum atomic E-state index is 4.99. The highest BCUT2D eigenvalue weighted by atomic mass is 79.9. The van der Waals surface area contributed by atoms with Crippen molar-refractivity contribution in [2.24, 2.45) is 0 Å². The Kier molecular flexibility index (Phi) is 4.97. The summed E-state index contributed by atoms with van der Waals surface area (Å²) < 4.78 is 1.05. The predicted octanol–water partition coefficient (Wildman–Crippen LogP) is 8.55. The van der Waals surface area contributed by atoms with Gasteiger partial charge >= 0.3 is 0 Å². The molecular formula is C30H19BrN2. The van der Waals surface area contributed by atoms with Crippen LogP contribution in [0.1, 0.15) is 0 Å². The van der Waals surface area contributed by atoms with E-state index in [1.807, 2.05) is 24.4 Å². The van der Waals surface area contributed by atoms with Crippen molar-refractivity contribution < 1.29 is 0 Å². The average molecular weight is 487 g/mol.